The molecule has 24 heavy (non-hydrogen) atoms. The van der Waals surface area contributed by atoms with Crippen molar-refractivity contribution in [2.24, 2.45) is 0 Å². The van der Waals surface area contributed by atoms with Gasteiger partial charge in [0, 0.05) is 18.1 Å². The molecule has 0 radical (unpaired) electrons. The molecule has 0 unspecified atom stereocenters. The molecule has 0 amide bonds. The quantitative estimate of drug-likeness (QED) is 0.802. The van der Waals surface area contributed by atoms with E-state index in [1.807, 2.05) is 30.3 Å². The number of carboxylic acid groups (broad SMARTS) is 1. The molecule has 2 N–H and O–H groups in total. The molecule has 0 heterocycles. The zero-order valence-corrected chi connectivity index (χ0v) is 14.1. The Morgan fingerprint density at radius 2 is 1.50 bits per heavy atom. The highest BCUT2D eigenvalue weighted by atomic mass is 32.2. The van der Waals surface area contributed by atoms with Crippen LogP contribution in [0.1, 0.15) is 29.4 Å². The van der Waals surface area contributed by atoms with E-state index in [1.54, 1.807) is 12.1 Å². The van der Waals surface area contributed by atoms with Crippen LogP contribution in [0.3, 0.4) is 0 Å². The van der Waals surface area contributed by atoms with E-state index in [0.717, 1.165) is 11.8 Å². The molecule has 0 aliphatic heterocycles. The van der Waals surface area contributed by atoms with Crippen molar-refractivity contribution in [2.45, 2.75) is 23.2 Å². The molecule has 0 spiro atoms. The smallest absolute Gasteiger partial charge is 0.303 e. The molecule has 0 aliphatic carbocycles. The standard InChI is InChI=1S/C18H20O5S/c1-24(22,23)15-9-7-14(8-10-15)17(12-19)16(11-18(20)21)13-5-3-2-4-6-13/h2-10,16-17,19H,11-12H2,1H3,(H,20,21)/t16-,17+/m1/s1. The van der Waals surface area contributed by atoms with Gasteiger partial charge in [0.15, 0.2) is 9.84 Å². The number of aliphatic hydroxyl groups excluding tert-OH is 1. The van der Waals surface area contributed by atoms with Gasteiger partial charge >= 0.3 is 5.97 Å². The normalized spacial score (nSPS) is 14.1. The first-order valence-electron chi connectivity index (χ1n) is 7.50. The lowest BCUT2D eigenvalue weighted by atomic mass is 9.80. The summed E-state index contributed by atoms with van der Waals surface area (Å²) in [5, 5.41) is 19.1. The Morgan fingerprint density at radius 3 is 1.96 bits per heavy atom. The number of benzene rings is 2. The highest BCUT2D eigenvalue weighted by Gasteiger charge is 2.26. The zero-order valence-electron chi connectivity index (χ0n) is 13.3. The van der Waals surface area contributed by atoms with E-state index < -0.39 is 27.6 Å². The van der Waals surface area contributed by atoms with Gasteiger partial charge in [-0.05, 0) is 23.3 Å². The lowest BCUT2D eigenvalue weighted by Crippen LogP contribution is -2.18. The molecule has 0 fully saturated rings. The first-order chi connectivity index (χ1) is 11.3. The average Bonchev–Trinajstić information content (AvgIpc) is 2.55. The van der Waals surface area contributed by atoms with Gasteiger partial charge in [-0.2, -0.15) is 0 Å². The summed E-state index contributed by atoms with van der Waals surface area (Å²) in [6.07, 6.45) is 1.01. The van der Waals surface area contributed by atoms with Gasteiger partial charge in [0.05, 0.1) is 17.9 Å². The van der Waals surface area contributed by atoms with Gasteiger partial charge < -0.3 is 10.2 Å². The molecule has 0 aromatic heterocycles. The number of hydrogen-bond donors (Lipinski definition) is 2. The Bertz CT molecular complexity index is 782. The van der Waals surface area contributed by atoms with Crippen LogP contribution in [0.4, 0.5) is 0 Å². The van der Waals surface area contributed by atoms with Crippen LogP contribution in [0.15, 0.2) is 59.5 Å². The third-order valence-corrected chi connectivity index (χ3v) is 5.17. The monoisotopic (exact) mass is 348 g/mol. The van der Waals surface area contributed by atoms with Crippen LogP contribution in [0.5, 0.6) is 0 Å². The summed E-state index contributed by atoms with van der Waals surface area (Å²) in [5.41, 5.74) is 1.53. The largest absolute Gasteiger partial charge is 0.481 e. The molecule has 5 nitrogen and oxygen atoms in total. The fourth-order valence-electron chi connectivity index (χ4n) is 2.81. The summed E-state index contributed by atoms with van der Waals surface area (Å²) < 4.78 is 23.1. The van der Waals surface area contributed by atoms with E-state index in [4.69, 9.17) is 0 Å². The minimum Gasteiger partial charge on any atom is -0.481 e. The zero-order chi connectivity index (χ0) is 17.7. The van der Waals surface area contributed by atoms with Gasteiger partial charge in [0.25, 0.3) is 0 Å². The molecule has 2 aromatic carbocycles. The van der Waals surface area contributed by atoms with Crippen LogP contribution >= 0.6 is 0 Å². The van der Waals surface area contributed by atoms with Gasteiger partial charge in [0.2, 0.25) is 0 Å². The number of sulfone groups is 1. The lowest BCUT2D eigenvalue weighted by molar-refractivity contribution is -0.137. The Hall–Kier alpha value is -2.18. The van der Waals surface area contributed by atoms with Crippen molar-refractivity contribution in [3.05, 3.63) is 65.7 Å². The number of aliphatic hydroxyl groups is 1. The SMILES string of the molecule is CS(=O)(=O)c1ccc([C@H](CO)[C@H](CC(=O)O)c2ccccc2)cc1. The number of hydrogen-bond acceptors (Lipinski definition) is 4. The summed E-state index contributed by atoms with van der Waals surface area (Å²) in [7, 11) is -3.30. The van der Waals surface area contributed by atoms with E-state index in [1.165, 1.54) is 12.1 Å². The van der Waals surface area contributed by atoms with Crippen LogP contribution < -0.4 is 0 Å². The highest BCUT2D eigenvalue weighted by molar-refractivity contribution is 7.90. The topological polar surface area (TPSA) is 91.7 Å². The summed E-state index contributed by atoms with van der Waals surface area (Å²) in [6.45, 7) is -0.231. The lowest BCUT2D eigenvalue weighted by Gasteiger charge is -2.25. The van der Waals surface area contributed by atoms with E-state index in [2.05, 4.69) is 0 Å². The molecule has 2 rings (SSSR count). The maximum Gasteiger partial charge on any atom is 0.303 e. The van der Waals surface area contributed by atoms with Gasteiger partial charge in [0.1, 0.15) is 0 Å². The Labute approximate surface area is 141 Å². The van der Waals surface area contributed by atoms with Crippen LogP contribution in [0, 0.1) is 0 Å². The van der Waals surface area contributed by atoms with E-state index in [9.17, 15) is 23.4 Å². The molecule has 6 heteroatoms. The first kappa shape index (κ1) is 18.2. The number of carbonyl (C=O) groups is 1. The van der Waals surface area contributed by atoms with Crippen molar-refractivity contribution < 1.29 is 23.4 Å². The molecule has 0 aliphatic rings. The van der Waals surface area contributed by atoms with Crippen molar-refractivity contribution in [1.29, 1.82) is 0 Å². The van der Waals surface area contributed by atoms with Crippen molar-refractivity contribution in [2.75, 3.05) is 12.9 Å². The Balaban J connectivity index is 2.40. The highest BCUT2D eigenvalue weighted by Crippen LogP contribution is 2.35. The van der Waals surface area contributed by atoms with Crippen LogP contribution in [-0.4, -0.2) is 37.5 Å². The maximum atomic E-state index is 11.6. The third kappa shape index (κ3) is 4.43. The molecule has 0 saturated carbocycles. The molecule has 128 valence electrons. The molecular formula is C18H20O5S. The average molecular weight is 348 g/mol. The van der Waals surface area contributed by atoms with Crippen molar-refractivity contribution in [1.82, 2.24) is 0 Å². The minimum atomic E-state index is -3.30. The summed E-state index contributed by atoms with van der Waals surface area (Å²) in [5.74, 6) is -1.79. The van der Waals surface area contributed by atoms with Crippen molar-refractivity contribution in [3.63, 3.8) is 0 Å². The van der Waals surface area contributed by atoms with Crippen LogP contribution in [0.25, 0.3) is 0 Å². The number of rotatable bonds is 7. The van der Waals surface area contributed by atoms with Gasteiger partial charge in [-0.25, -0.2) is 8.42 Å². The van der Waals surface area contributed by atoms with E-state index in [-0.39, 0.29) is 17.9 Å². The molecular weight excluding hydrogens is 328 g/mol. The van der Waals surface area contributed by atoms with Crippen LogP contribution in [0.2, 0.25) is 0 Å². The third-order valence-electron chi connectivity index (χ3n) is 4.04. The van der Waals surface area contributed by atoms with E-state index >= 15 is 0 Å². The predicted molar refractivity (Wildman–Crippen MR) is 90.8 cm³/mol. The predicted octanol–water partition coefficient (Wildman–Crippen LogP) is 2.42. The van der Waals surface area contributed by atoms with Gasteiger partial charge in [-0.1, -0.05) is 42.5 Å². The summed E-state index contributed by atoms with van der Waals surface area (Å²) in [6, 6.07) is 15.4. The molecule has 0 bridgehead atoms. The Morgan fingerprint density at radius 1 is 0.958 bits per heavy atom. The Kier molecular flexibility index (Phi) is 5.75. The second-order valence-electron chi connectivity index (χ2n) is 5.75. The second kappa shape index (κ2) is 7.59. The van der Waals surface area contributed by atoms with Crippen LogP contribution in [-0.2, 0) is 14.6 Å². The first-order valence-corrected chi connectivity index (χ1v) is 9.39. The molecule has 2 aromatic rings. The molecule has 2 atom stereocenters. The summed E-state index contributed by atoms with van der Waals surface area (Å²) >= 11 is 0. The maximum absolute atomic E-state index is 11.6. The fraction of sp³-hybridized carbons (Fsp3) is 0.278. The second-order valence-corrected chi connectivity index (χ2v) is 7.76. The number of carboxylic acids is 1. The van der Waals surface area contributed by atoms with Gasteiger partial charge in [-0.3, -0.25) is 4.79 Å². The van der Waals surface area contributed by atoms with Crippen molar-refractivity contribution >= 4 is 15.8 Å². The minimum absolute atomic E-state index is 0.122. The molecule has 0 saturated heterocycles. The van der Waals surface area contributed by atoms with Gasteiger partial charge in [-0.15, -0.1) is 0 Å². The fourth-order valence-corrected chi connectivity index (χ4v) is 3.44. The summed E-state index contributed by atoms with van der Waals surface area (Å²) in [4.78, 5) is 11.5. The van der Waals surface area contributed by atoms with Crippen molar-refractivity contribution in [3.8, 4) is 0 Å². The van der Waals surface area contributed by atoms with E-state index in [0.29, 0.717) is 5.56 Å². The number of aliphatic carboxylic acids is 1.